The van der Waals surface area contributed by atoms with Crippen molar-refractivity contribution >= 4 is 16.0 Å². The van der Waals surface area contributed by atoms with Crippen LogP contribution in [-0.2, 0) is 16.6 Å². The number of nitrogens with zero attached hydrogens (tertiary/aromatic N) is 3. The molecule has 0 saturated heterocycles. The van der Waals surface area contributed by atoms with Crippen LogP contribution in [-0.4, -0.2) is 39.8 Å². The second-order valence-corrected chi connectivity index (χ2v) is 5.59. The van der Waals surface area contributed by atoms with Gasteiger partial charge in [-0.2, -0.15) is 10.1 Å². The minimum Gasteiger partial charge on any atom is -0.476 e. The van der Waals surface area contributed by atoms with Gasteiger partial charge >= 0.3 is 5.97 Å². The summed E-state index contributed by atoms with van der Waals surface area (Å²) < 4.78 is 31.1. The van der Waals surface area contributed by atoms with Crippen molar-refractivity contribution < 1.29 is 22.8 Å². The summed E-state index contributed by atoms with van der Waals surface area (Å²) in [5, 5.41) is 18.2. The summed E-state index contributed by atoms with van der Waals surface area (Å²) in [6.45, 7) is 2.75. The highest BCUT2D eigenvalue weighted by Crippen LogP contribution is 2.17. The highest BCUT2D eigenvalue weighted by molar-refractivity contribution is 7.89. The van der Waals surface area contributed by atoms with Gasteiger partial charge in [0.2, 0.25) is 15.9 Å². The Morgan fingerprint density at radius 2 is 2.15 bits per heavy atom. The predicted octanol–water partition coefficient (Wildman–Crippen LogP) is -0.414. The fourth-order valence-corrected chi connectivity index (χ4v) is 2.84. The van der Waals surface area contributed by atoms with Gasteiger partial charge in [0, 0.05) is 6.92 Å². The normalized spacial score (nSPS) is 11.7. The van der Waals surface area contributed by atoms with Gasteiger partial charge < -0.3 is 9.63 Å². The molecule has 0 bridgehead atoms. The van der Waals surface area contributed by atoms with Gasteiger partial charge in [-0.3, -0.25) is 5.10 Å². The first-order valence-electron chi connectivity index (χ1n) is 5.38. The molecule has 2 rings (SSSR count). The van der Waals surface area contributed by atoms with Crippen molar-refractivity contribution in [3.63, 3.8) is 0 Å². The van der Waals surface area contributed by atoms with Gasteiger partial charge in [-0.25, -0.2) is 17.9 Å². The molecule has 0 atom stereocenters. The van der Waals surface area contributed by atoms with Crippen LogP contribution in [0.15, 0.2) is 9.42 Å². The van der Waals surface area contributed by atoms with E-state index >= 15 is 0 Å². The summed E-state index contributed by atoms with van der Waals surface area (Å²) in [5.74, 6) is -1.00. The number of carboxylic acid groups (broad SMARTS) is 1. The number of nitrogens with one attached hydrogen (secondary N) is 2. The molecule has 0 fully saturated rings. The Labute approximate surface area is 113 Å². The molecule has 2 heterocycles. The molecule has 0 radical (unpaired) electrons. The van der Waals surface area contributed by atoms with Gasteiger partial charge in [0.25, 0.3) is 0 Å². The molecule has 20 heavy (non-hydrogen) atoms. The summed E-state index contributed by atoms with van der Waals surface area (Å²) in [7, 11) is -4.06. The standard InChI is InChI=1S/C9H11N5O5S/c1-4-8(7(9(15)16)13-12-4)20(17,18)10-3-6-11-5(2)19-14-6/h10H,3H2,1-2H3,(H,12,13)(H,15,16). The van der Waals surface area contributed by atoms with Crippen LogP contribution >= 0.6 is 0 Å². The van der Waals surface area contributed by atoms with E-state index in [1.807, 2.05) is 0 Å². The third kappa shape index (κ3) is 2.67. The van der Waals surface area contributed by atoms with Gasteiger partial charge in [0.15, 0.2) is 11.5 Å². The molecule has 0 unspecified atom stereocenters. The molecule has 0 aromatic carbocycles. The highest BCUT2D eigenvalue weighted by Gasteiger charge is 2.28. The second-order valence-electron chi connectivity index (χ2n) is 3.89. The number of rotatable bonds is 5. The topological polar surface area (TPSA) is 151 Å². The van der Waals surface area contributed by atoms with E-state index in [1.165, 1.54) is 6.92 Å². The average Bonchev–Trinajstić information content (AvgIpc) is 2.93. The van der Waals surface area contributed by atoms with Crippen LogP contribution in [0.4, 0.5) is 0 Å². The van der Waals surface area contributed by atoms with Gasteiger partial charge in [0.1, 0.15) is 4.90 Å². The fourth-order valence-electron chi connectivity index (χ4n) is 1.54. The van der Waals surface area contributed by atoms with Crippen LogP contribution in [0.3, 0.4) is 0 Å². The lowest BCUT2D eigenvalue weighted by atomic mass is 10.4. The van der Waals surface area contributed by atoms with Gasteiger partial charge in [-0.05, 0) is 6.92 Å². The van der Waals surface area contributed by atoms with Crippen molar-refractivity contribution in [1.29, 1.82) is 0 Å². The number of hydrogen-bond donors (Lipinski definition) is 3. The van der Waals surface area contributed by atoms with E-state index in [0.29, 0.717) is 5.89 Å². The molecule has 0 amide bonds. The summed E-state index contributed by atoms with van der Waals surface area (Å²) in [4.78, 5) is 14.4. The van der Waals surface area contributed by atoms with Crippen LogP contribution in [0, 0.1) is 13.8 Å². The minimum absolute atomic E-state index is 0.124. The Kier molecular flexibility index (Phi) is 3.55. The lowest BCUT2D eigenvalue weighted by Gasteiger charge is -2.04. The Morgan fingerprint density at radius 3 is 2.70 bits per heavy atom. The van der Waals surface area contributed by atoms with E-state index in [9.17, 15) is 13.2 Å². The summed E-state index contributed by atoms with van der Waals surface area (Å²) >= 11 is 0. The van der Waals surface area contributed by atoms with Crippen molar-refractivity contribution in [2.45, 2.75) is 25.3 Å². The summed E-state index contributed by atoms with van der Waals surface area (Å²) in [6, 6.07) is 0. The number of hydrogen-bond acceptors (Lipinski definition) is 7. The molecular weight excluding hydrogens is 290 g/mol. The van der Waals surface area contributed by atoms with Gasteiger partial charge in [-0.1, -0.05) is 5.16 Å². The number of carbonyl (C=O) groups is 1. The van der Waals surface area contributed by atoms with E-state index in [-0.39, 0.29) is 18.1 Å². The summed E-state index contributed by atoms with van der Waals surface area (Å²) in [6.07, 6.45) is 0. The molecule has 108 valence electrons. The third-order valence-corrected chi connectivity index (χ3v) is 3.91. The maximum absolute atomic E-state index is 12.1. The summed E-state index contributed by atoms with van der Waals surface area (Å²) in [5.41, 5.74) is -0.446. The Morgan fingerprint density at radius 1 is 1.45 bits per heavy atom. The fraction of sp³-hybridized carbons (Fsp3) is 0.333. The molecule has 11 heteroatoms. The number of aromatic amines is 1. The second kappa shape index (κ2) is 5.02. The first-order valence-corrected chi connectivity index (χ1v) is 6.86. The molecule has 2 aromatic rings. The largest absolute Gasteiger partial charge is 0.476 e. The molecule has 0 aliphatic carbocycles. The zero-order valence-corrected chi connectivity index (χ0v) is 11.4. The molecule has 10 nitrogen and oxygen atoms in total. The Hall–Kier alpha value is -2.27. The number of aromatic nitrogens is 4. The Bertz CT molecular complexity index is 747. The lowest BCUT2D eigenvalue weighted by molar-refractivity contribution is 0.0686. The number of aryl methyl sites for hydroxylation is 2. The van der Waals surface area contributed by atoms with E-state index in [2.05, 4.69) is 25.1 Å². The quantitative estimate of drug-likeness (QED) is 0.673. The zero-order valence-electron chi connectivity index (χ0n) is 10.5. The van der Waals surface area contributed by atoms with Crippen LogP contribution in [0.25, 0.3) is 0 Å². The Balaban J connectivity index is 2.27. The molecule has 2 aromatic heterocycles. The molecule has 3 N–H and O–H groups in total. The van der Waals surface area contributed by atoms with Crippen LogP contribution in [0.1, 0.15) is 27.9 Å². The molecule has 0 spiro atoms. The maximum Gasteiger partial charge on any atom is 0.357 e. The smallest absolute Gasteiger partial charge is 0.357 e. The van der Waals surface area contributed by atoms with Crippen molar-refractivity contribution in [2.24, 2.45) is 0 Å². The van der Waals surface area contributed by atoms with E-state index in [4.69, 9.17) is 9.63 Å². The van der Waals surface area contributed by atoms with E-state index in [1.54, 1.807) is 6.92 Å². The van der Waals surface area contributed by atoms with Crippen molar-refractivity contribution in [2.75, 3.05) is 0 Å². The predicted molar refractivity (Wildman–Crippen MR) is 63.3 cm³/mol. The molecular formula is C9H11N5O5S. The number of carboxylic acids is 1. The molecule has 0 saturated carbocycles. The molecule has 0 aliphatic heterocycles. The SMILES string of the molecule is Cc1nc(CNS(=O)(=O)c2c(C(=O)O)n[nH]c2C)no1. The average molecular weight is 301 g/mol. The van der Waals surface area contributed by atoms with Crippen molar-refractivity contribution in [3.8, 4) is 0 Å². The maximum atomic E-state index is 12.1. The van der Waals surface area contributed by atoms with Crippen LogP contribution in [0.2, 0.25) is 0 Å². The monoisotopic (exact) mass is 301 g/mol. The lowest BCUT2D eigenvalue weighted by Crippen LogP contribution is -2.25. The third-order valence-electron chi connectivity index (χ3n) is 2.35. The first kappa shape index (κ1) is 14.1. The van der Waals surface area contributed by atoms with Crippen LogP contribution in [0.5, 0.6) is 0 Å². The number of H-pyrrole nitrogens is 1. The van der Waals surface area contributed by atoms with Gasteiger partial charge in [0.05, 0.1) is 12.2 Å². The van der Waals surface area contributed by atoms with E-state index in [0.717, 1.165) is 0 Å². The minimum atomic E-state index is -4.06. The van der Waals surface area contributed by atoms with Crippen molar-refractivity contribution in [1.82, 2.24) is 25.1 Å². The number of sulfonamides is 1. The van der Waals surface area contributed by atoms with Gasteiger partial charge in [-0.15, -0.1) is 0 Å². The molecule has 0 aliphatic rings. The highest BCUT2D eigenvalue weighted by atomic mass is 32.2. The first-order chi connectivity index (χ1) is 9.31. The van der Waals surface area contributed by atoms with E-state index < -0.39 is 26.6 Å². The van der Waals surface area contributed by atoms with Crippen LogP contribution < -0.4 is 4.72 Å². The zero-order chi connectivity index (χ0) is 14.9. The van der Waals surface area contributed by atoms with Crippen molar-refractivity contribution in [3.05, 3.63) is 23.1 Å². The number of aromatic carboxylic acids is 1.